The van der Waals surface area contributed by atoms with Gasteiger partial charge in [0.05, 0.1) is 11.3 Å². The summed E-state index contributed by atoms with van der Waals surface area (Å²) in [5.74, 6) is 0.922. The van der Waals surface area contributed by atoms with Crippen LogP contribution in [0, 0.1) is 17.2 Å². The number of thioether (sulfide) groups is 1. The van der Waals surface area contributed by atoms with Gasteiger partial charge < -0.3 is 5.32 Å². The molecule has 0 radical (unpaired) electrons. The van der Waals surface area contributed by atoms with Crippen LogP contribution in [-0.2, 0) is 0 Å². The maximum atomic E-state index is 9.37. The number of hydrogen-bond acceptors (Lipinski definition) is 3. The van der Waals surface area contributed by atoms with Crippen molar-refractivity contribution in [2.45, 2.75) is 56.4 Å². The quantitative estimate of drug-likeness (QED) is 0.770. The van der Waals surface area contributed by atoms with E-state index in [0.717, 1.165) is 22.1 Å². The van der Waals surface area contributed by atoms with Gasteiger partial charge in [0.15, 0.2) is 0 Å². The van der Waals surface area contributed by atoms with Crippen LogP contribution in [-0.4, -0.2) is 12.3 Å². The number of nitrogens with zero attached hydrogens (tertiary/aromatic N) is 1. The summed E-state index contributed by atoms with van der Waals surface area (Å²) in [5, 5.41) is 13.0. The van der Waals surface area contributed by atoms with Gasteiger partial charge in [-0.3, -0.25) is 0 Å². The smallest absolute Gasteiger partial charge is 0.102 e. The molecule has 1 saturated carbocycles. The topological polar surface area (TPSA) is 35.8 Å². The SMILES string of the molecule is CCCC1CCC(Nc2cccc(SC)c2C#N)CC1. The monoisotopic (exact) mass is 288 g/mol. The van der Waals surface area contributed by atoms with Crippen LogP contribution in [0.3, 0.4) is 0 Å². The Balaban J connectivity index is 2.00. The first kappa shape index (κ1) is 15.3. The standard InChI is InChI=1S/C17H24N2S/c1-3-5-13-8-10-14(11-9-13)19-16-6-4-7-17(20-2)15(16)12-18/h4,6-7,13-14,19H,3,5,8-11H2,1-2H3. The molecule has 1 aromatic carbocycles. The minimum Gasteiger partial charge on any atom is -0.381 e. The van der Waals surface area contributed by atoms with Crippen LogP contribution in [0.1, 0.15) is 51.0 Å². The highest BCUT2D eigenvalue weighted by Gasteiger charge is 2.21. The van der Waals surface area contributed by atoms with Crippen molar-refractivity contribution < 1.29 is 0 Å². The maximum absolute atomic E-state index is 9.37. The van der Waals surface area contributed by atoms with Crippen molar-refractivity contribution in [3.63, 3.8) is 0 Å². The summed E-state index contributed by atoms with van der Waals surface area (Å²) in [6.07, 6.45) is 9.83. The Morgan fingerprint density at radius 1 is 1.30 bits per heavy atom. The minimum atomic E-state index is 0.535. The summed E-state index contributed by atoms with van der Waals surface area (Å²) in [6, 6.07) is 8.98. The van der Waals surface area contributed by atoms with Crippen molar-refractivity contribution in [3.8, 4) is 6.07 Å². The number of hydrogen-bond donors (Lipinski definition) is 1. The fraction of sp³-hybridized carbons (Fsp3) is 0.588. The molecule has 0 bridgehead atoms. The summed E-state index contributed by atoms with van der Waals surface area (Å²) in [4.78, 5) is 1.07. The van der Waals surface area contributed by atoms with Crippen molar-refractivity contribution in [3.05, 3.63) is 23.8 Å². The summed E-state index contributed by atoms with van der Waals surface area (Å²) in [5.41, 5.74) is 1.81. The zero-order valence-corrected chi connectivity index (χ0v) is 13.3. The molecule has 0 amide bonds. The molecule has 2 rings (SSSR count). The summed E-state index contributed by atoms with van der Waals surface area (Å²) in [7, 11) is 0. The van der Waals surface area contributed by atoms with E-state index < -0.39 is 0 Å². The predicted octanol–water partition coefficient (Wildman–Crippen LogP) is 5.05. The van der Waals surface area contributed by atoms with Crippen molar-refractivity contribution in [2.24, 2.45) is 5.92 Å². The minimum absolute atomic E-state index is 0.535. The van der Waals surface area contributed by atoms with Crippen LogP contribution < -0.4 is 5.32 Å². The first-order valence-electron chi connectivity index (χ1n) is 7.62. The molecule has 1 N–H and O–H groups in total. The third-order valence-electron chi connectivity index (χ3n) is 4.26. The number of anilines is 1. The third kappa shape index (κ3) is 3.70. The largest absolute Gasteiger partial charge is 0.381 e. The molecule has 0 saturated heterocycles. The Hall–Kier alpha value is -1.14. The maximum Gasteiger partial charge on any atom is 0.102 e. The van der Waals surface area contributed by atoms with Gasteiger partial charge >= 0.3 is 0 Å². The average Bonchev–Trinajstić information content (AvgIpc) is 2.49. The highest BCUT2D eigenvalue weighted by Crippen LogP contribution is 2.32. The molecule has 0 aromatic heterocycles. The zero-order valence-electron chi connectivity index (χ0n) is 12.5. The number of nitrogens with one attached hydrogen (secondary N) is 1. The van der Waals surface area contributed by atoms with Gasteiger partial charge in [-0.25, -0.2) is 0 Å². The van der Waals surface area contributed by atoms with E-state index in [-0.39, 0.29) is 0 Å². The van der Waals surface area contributed by atoms with Crippen LogP contribution in [0.2, 0.25) is 0 Å². The van der Waals surface area contributed by atoms with Gasteiger partial charge in [0, 0.05) is 10.9 Å². The van der Waals surface area contributed by atoms with E-state index in [9.17, 15) is 5.26 Å². The van der Waals surface area contributed by atoms with Gasteiger partial charge in [0.25, 0.3) is 0 Å². The second-order valence-electron chi connectivity index (χ2n) is 5.65. The molecule has 20 heavy (non-hydrogen) atoms. The molecule has 0 atom stereocenters. The van der Waals surface area contributed by atoms with Crippen LogP contribution >= 0.6 is 11.8 Å². The third-order valence-corrected chi connectivity index (χ3v) is 5.04. The highest BCUT2D eigenvalue weighted by atomic mass is 32.2. The summed E-state index contributed by atoms with van der Waals surface area (Å²) in [6.45, 7) is 2.28. The molecular weight excluding hydrogens is 264 g/mol. The van der Waals surface area contributed by atoms with E-state index in [1.165, 1.54) is 38.5 Å². The van der Waals surface area contributed by atoms with E-state index in [1.54, 1.807) is 11.8 Å². The van der Waals surface area contributed by atoms with E-state index in [4.69, 9.17) is 0 Å². The summed E-state index contributed by atoms with van der Waals surface area (Å²) < 4.78 is 0. The summed E-state index contributed by atoms with van der Waals surface area (Å²) >= 11 is 1.64. The van der Waals surface area contributed by atoms with Crippen molar-refractivity contribution in [2.75, 3.05) is 11.6 Å². The van der Waals surface area contributed by atoms with E-state index in [0.29, 0.717) is 6.04 Å². The molecule has 0 spiro atoms. The lowest BCUT2D eigenvalue weighted by molar-refractivity contribution is 0.319. The lowest BCUT2D eigenvalue weighted by Crippen LogP contribution is -2.26. The molecule has 2 nitrogen and oxygen atoms in total. The van der Waals surface area contributed by atoms with Crippen LogP contribution in [0.5, 0.6) is 0 Å². The van der Waals surface area contributed by atoms with E-state index in [2.05, 4.69) is 18.3 Å². The first-order valence-corrected chi connectivity index (χ1v) is 8.84. The molecule has 1 aliphatic carbocycles. The lowest BCUT2D eigenvalue weighted by Gasteiger charge is -2.30. The fourth-order valence-electron chi connectivity index (χ4n) is 3.16. The Labute approximate surface area is 127 Å². The van der Waals surface area contributed by atoms with E-state index >= 15 is 0 Å². The lowest BCUT2D eigenvalue weighted by atomic mass is 9.83. The van der Waals surface area contributed by atoms with Gasteiger partial charge in [-0.15, -0.1) is 11.8 Å². The zero-order chi connectivity index (χ0) is 14.4. The second-order valence-corrected chi connectivity index (χ2v) is 6.49. The Bertz CT molecular complexity index is 470. The predicted molar refractivity (Wildman–Crippen MR) is 87.2 cm³/mol. The molecular formula is C17H24N2S. The molecule has 0 aliphatic heterocycles. The Morgan fingerprint density at radius 2 is 2.05 bits per heavy atom. The number of benzene rings is 1. The molecule has 1 fully saturated rings. The highest BCUT2D eigenvalue weighted by molar-refractivity contribution is 7.98. The van der Waals surface area contributed by atoms with Gasteiger partial charge in [-0.2, -0.15) is 5.26 Å². The normalized spacial score (nSPS) is 22.2. The fourth-order valence-corrected chi connectivity index (χ4v) is 3.73. The first-order chi connectivity index (χ1) is 9.78. The van der Waals surface area contributed by atoms with Gasteiger partial charge in [-0.1, -0.05) is 25.8 Å². The number of rotatable bonds is 5. The number of nitriles is 1. The van der Waals surface area contributed by atoms with Crippen LogP contribution in [0.15, 0.2) is 23.1 Å². The van der Waals surface area contributed by atoms with Crippen molar-refractivity contribution in [1.29, 1.82) is 5.26 Å². The second kappa shape index (κ2) is 7.59. The Kier molecular flexibility index (Phi) is 5.79. The van der Waals surface area contributed by atoms with Crippen LogP contribution in [0.25, 0.3) is 0 Å². The van der Waals surface area contributed by atoms with E-state index in [1.807, 2.05) is 24.5 Å². The Morgan fingerprint density at radius 3 is 2.65 bits per heavy atom. The van der Waals surface area contributed by atoms with Gasteiger partial charge in [0.2, 0.25) is 0 Å². The van der Waals surface area contributed by atoms with Gasteiger partial charge in [0.1, 0.15) is 6.07 Å². The van der Waals surface area contributed by atoms with Crippen LogP contribution in [0.4, 0.5) is 5.69 Å². The average molecular weight is 288 g/mol. The van der Waals surface area contributed by atoms with Crippen molar-refractivity contribution >= 4 is 17.4 Å². The molecule has 1 aliphatic rings. The molecule has 1 aromatic rings. The molecule has 0 heterocycles. The van der Waals surface area contributed by atoms with Crippen molar-refractivity contribution in [1.82, 2.24) is 0 Å². The molecule has 108 valence electrons. The molecule has 0 unspecified atom stereocenters. The van der Waals surface area contributed by atoms with Gasteiger partial charge in [-0.05, 0) is 50.0 Å². The molecule has 3 heteroatoms.